The Hall–Kier alpha value is 0.270. The van der Waals surface area contributed by atoms with Gasteiger partial charge in [-0.3, -0.25) is 0 Å². The summed E-state index contributed by atoms with van der Waals surface area (Å²) in [5, 5.41) is 13.6. The summed E-state index contributed by atoms with van der Waals surface area (Å²) in [6.45, 7) is 10.4. The molecule has 0 fully saturated rings. The summed E-state index contributed by atoms with van der Waals surface area (Å²) in [6.07, 6.45) is 3.32. The molecule has 0 spiro atoms. The molecule has 2 N–H and O–H groups in total. The summed E-state index contributed by atoms with van der Waals surface area (Å²) < 4.78 is 0. The van der Waals surface area contributed by atoms with Crippen molar-refractivity contribution in [3.8, 4) is 0 Å². The molecule has 0 radical (unpaired) electrons. The van der Waals surface area contributed by atoms with Crippen molar-refractivity contribution in [1.82, 2.24) is 5.32 Å². The van der Waals surface area contributed by atoms with Gasteiger partial charge in [0.1, 0.15) is 0 Å². The normalized spacial score (nSPS) is 17.4. The predicted molar refractivity (Wildman–Crippen MR) is 70.6 cm³/mol. The summed E-state index contributed by atoms with van der Waals surface area (Å²) in [7, 11) is 0. The van der Waals surface area contributed by atoms with E-state index < -0.39 is 0 Å². The van der Waals surface area contributed by atoms with Crippen LogP contribution in [-0.4, -0.2) is 34.8 Å². The zero-order chi connectivity index (χ0) is 11.7. The largest absolute Gasteiger partial charge is 0.396 e. The lowest BCUT2D eigenvalue weighted by Gasteiger charge is -2.20. The van der Waals surface area contributed by atoms with Gasteiger partial charge >= 0.3 is 0 Å². The van der Waals surface area contributed by atoms with E-state index in [-0.39, 0.29) is 0 Å². The van der Waals surface area contributed by atoms with Crippen LogP contribution in [0.3, 0.4) is 0 Å². The van der Waals surface area contributed by atoms with Crippen molar-refractivity contribution in [2.45, 2.75) is 63.5 Å². The second-order valence-corrected chi connectivity index (χ2v) is 6.24. The number of aliphatic hydroxyl groups is 1. The first kappa shape index (κ1) is 15.3. The Kier molecular flexibility index (Phi) is 9.66. The Morgan fingerprint density at radius 1 is 1.20 bits per heavy atom. The fraction of sp³-hybridized carbons (Fsp3) is 1.00. The third-order valence-electron chi connectivity index (χ3n) is 2.43. The molecule has 0 aliphatic heterocycles. The zero-order valence-electron chi connectivity index (χ0n) is 10.6. The molecule has 0 heterocycles. The zero-order valence-corrected chi connectivity index (χ0v) is 11.4. The fourth-order valence-corrected chi connectivity index (χ4v) is 3.11. The maximum absolute atomic E-state index is 8.82. The standard InChI is InChI=1S/C12H27NOS/c1-5-7-13-10(2)9-12(4)15-11(3)6-8-14/h10-14H,5-9H2,1-4H3. The Balaban J connectivity index is 3.57. The van der Waals surface area contributed by atoms with Crippen molar-refractivity contribution in [2.75, 3.05) is 13.2 Å². The highest BCUT2D eigenvalue weighted by molar-refractivity contribution is 8.00. The Bertz CT molecular complexity index is 144. The molecule has 0 aromatic heterocycles. The minimum absolute atomic E-state index is 0.310. The molecule has 0 rings (SSSR count). The van der Waals surface area contributed by atoms with E-state index in [2.05, 4.69) is 33.0 Å². The van der Waals surface area contributed by atoms with Crippen molar-refractivity contribution in [3.05, 3.63) is 0 Å². The van der Waals surface area contributed by atoms with Gasteiger partial charge in [0.2, 0.25) is 0 Å². The first-order valence-electron chi connectivity index (χ1n) is 6.09. The average Bonchev–Trinajstić information content (AvgIpc) is 2.14. The molecule has 15 heavy (non-hydrogen) atoms. The molecule has 0 aliphatic carbocycles. The Morgan fingerprint density at radius 2 is 1.87 bits per heavy atom. The van der Waals surface area contributed by atoms with Crippen LogP contribution in [0, 0.1) is 0 Å². The van der Waals surface area contributed by atoms with E-state index in [0.29, 0.717) is 23.1 Å². The van der Waals surface area contributed by atoms with Crippen molar-refractivity contribution in [2.24, 2.45) is 0 Å². The van der Waals surface area contributed by atoms with Crippen LogP contribution in [0.5, 0.6) is 0 Å². The molecule has 0 bridgehead atoms. The van der Waals surface area contributed by atoms with Crippen molar-refractivity contribution >= 4 is 11.8 Å². The van der Waals surface area contributed by atoms with Crippen LogP contribution in [0.25, 0.3) is 0 Å². The summed E-state index contributed by atoms with van der Waals surface area (Å²) in [5.41, 5.74) is 0. The van der Waals surface area contributed by atoms with Crippen molar-refractivity contribution in [3.63, 3.8) is 0 Å². The van der Waals surface area contributed by atoms with Crippen LogP contribution in [0.2, 0.25) is 0 Å². The number of thioether (sulfide) groups is 1. The fourth-order valence-electron chi connectivity index (χ4n) is 1.67. The molecule has 0 aromatic carbocycles. The monoisotopic (exact) mass is 233 g/mol. The highest BCUT2D eigenvalue weighted by Gasteiger charge is 2.11. The highest BCUT2D eigenvalue weighted by Crippen LogP contribution is 2.23. The lowest BCUT2D eigenvalue weighted by molar-refractivity contribution is 0.288. The van der Waals surface area contributed by atoms with Gasteiger partial charge in [-0.05, 0) is 32.7 Å². The second-order valence-electron chi connectivity index (χ2n) is 4.36. The molecule has 92 valence electrons. The smallest absolute Gasteiger partial charge is 0.0441 e. The molecule has 0 aliphatic rings. The van der Waals surface area contributed by atoms with Crippen LogP contribution in [0.1, 0.15) is 47.0 Å². The number of aliphatic hydroxyl groups excluding tert-OH is 1. The quantitative estimate of drug-likeness (QED) is 0.642. The van der Waals surface area contributed by atoms with E-state index in [1.807, 2.05) is 11.8 Å². The van der Waals surface area contributed by atoms with E-state index in [9.17, 15) is 0 Å². The summed E-state index contributed by atoms with van der Waals surface area (Å²) >= 11 is 1.99. The molecule has 0 amide bonds. The van der Waals surface area contributed by atoms with E-state index >= 15 is 0 Å². The first-order chi connectivity index (χ1) is 7.10. The highest BCUT2D eigenvalue weighted by atomic mass is 32.2. The lowest BCUT2D eigenvalue weighted by atomic mass is 10.2. The summed E-state index contributed by atoms with van der Waals surface area (Å²) in [6, 6.07) is 0.605. The maximum atomic E-state index is 8.82. The van der Waals surface area contributed by atoms with Gasteiger partial charge in [-0.1, -0.05) is 20.8 Å². The van der Waals surface area contributed by atoms with Crippen LogP contribution in [-0.2, 0) is 0 Å². The van der Waals surface area contributed by atoms with Gasteiger partial charge in [-0.15, -0.1) is 0 Å². The Morgan fingerprint density at radius 3 is 2.40 bits per heavy atom. The topological polar surface area (TPSA) is 32.3 Å². The van der Waals surface area contributed by atoms with Crippen LogP contribution in [0.15, 0.2) is 0 Å². The predicted octanol–water partition coefficient (Wildman–Crippen LogP) is 2.66. The second kappa shape index (κ2) is 9.49. The molecule has 3 heteroatoms. The molecular weight excluding hydrogens is 206 g/mol. The van der Waals surface area contributed by atoms with E-state index in [4.69, 9.17) is 5.11 Å². The third kappa shape index (κ3) is 9.21. The van der Waals surface area contributed by atoms with Crippen molar-refractivity contribution < 1.29 is 5.11 Å². The van der Waals surface area contributed by atoms with Gasteiger partial charge in [0.05, 0.1) is 0 Å². The molecule has 3 atom stereocenters. The summed E-state index contributed by atoms with van der Waals surface area (Å²) in [5.74, 6) is 0. The number of rotatable bonds is 9. The Labute approximate surface area is 99.2 Å². The number of hydrogen-bond donors (Lipinski definition) is 2. The average molecular weight is 233 g/mol. The van der Waals surface area contributed by atoms with Gasteiger partial charge in [-0.25, -0.2) is 0 Å². The molecule has 0 saturated heterocycles. The number of nitrogens with one attached hydrogen (secondary N) is 1. The van der Waals surface area contributed by atoms with Gasteiger partial charge in [0.15, 0.2) is 0 Å². The third-order valence-corrected chi connectivity index (χ3v) is 3.79. The van der Waals surface area contributed by atoms with Crippen LogP contribution >= 0.6 is 11.8 Å². The molecule has 0 aromatic rings. The molecular formula is C12H27NOS. The summed E-state index contributed by atoms with van der Waals surface area (Å²) in [4.78, 5) is 0. The van der Waals surface area contributed by atoms with Crippen LogP contribution < -0.4 is 5.32 Å². The van der Waals surface area contributed by atoms with E-state index in [1.54, 1.807) is 0 Å². The lowest BCUT2D eigenvalue weighted by Crippen LogP contribution is -2.29. The van der Waals surface area contributed by atoms with Gasteiger partial charge in [0.25, 0.3) is 0 Å². The SMILES string of the molecule is CCCNC(C)CC(C)SC(C)CCO. The van der Waals surface area contributed by atoms with Gasteiger partial charge in [0, 0.05) is 23.1 Å². The minimum atomic E-state index is 0.310. The van der Waals surface area contributed by atoms with E-state index in [0.717, 1.165) is 13.0 Å². The molecule has 3 unspecified atom stereocenters. The molecule has 2 nitrogen and oxygen atoms in total. The first-order valence-corrected chi connectivity index (χ1v) is 7.04. The molecule has 0 saturated carbocycles. The van der Waals surface area contributed by atoms with Crippen molar-refractivity contribution in [1.29, 1.82) is 0 Å². The van der Waals surface area contributed by atoms with Gasteiger partial charge < -0.3 is 10.4 Å². The van der Waals surface area contributed by atoms with Gasteiger partial charge in [-0.2, -0.15) is 11.8 Å². The minimum Gasteiger partial charge on any atom is -0.396 e. The number of hydrogen-bond acceptors (Lipinski definition) is 3. The maximum Gasteiger partial charge on any atom is 0.0441 e. The van der Waals surface area contributed by atoms with E-state index in [1.165, 1.54) is 12.8 Å². The van der Waals surface area contributed by atoms with Crippen LogP contribution in [0.4, 0.5) is 0 Å².